The summed E-state index contributed by atoms with van der Waals surface area (Å²) in [6.07, 6.45) is 0. The van der Waals surface area contributed by atoms with Crippen molar-refractivity contribution in [3.8, 4) is 16.9 Å². The molecule has 144 valence electrons. The van der Waals surface area contributed by atoms with Gasteiger partial charge in [-0.25, -0.2) is 0 Å². The standard InChI is InChI=1S/C24H17Cl2NO2/c1-27-22-8-6-16-11-20(22)19(12-23(27)28)14-3-2-4-18(10-14)29-13-17-9-15(24(16)26)5-7-21(17)25/h2-12,24H,13H2,1H3/i1D3. The van der Waals surface area contributed by atoms with E-state index < -0.39 is 17.9 Å². The third kappa shape index (κ3) is 3.11. The van der Waals surface area contributed by atoms with Gasteiger partial charge in [0, 0.05) is 33.1 Å². The summed E-state index contributed by atoms with van der Waals surface area (Å²) < 4.78 is 30.4. The lowest BCUT2D eigenvalue weighted by molar-refractivity contribution is 0.306. The maximum absolute atomic E-state index is 12.9. The van der Waals surface area contributed by atoms with E-state index in [1.165, 1.54) is 6.07 Å². The summed E-state index contributed by atoms with van der Waals surface area (Å²) in [7, 11) is 0. The molecule has 29 heavy (non-hydrogen) atoms. The van der Waals surface area contributed by atoms with Crippen LogP contribution >= 0.6 is 23.2 Å². The minimum Gasteiger partial charge on any atom is -0.489 e. The van der Waals surface area contributed by atoms with Crippen LogP contribution in [-0.4, -0.2) is 4.57 Å². The summed E-state index contributed by atoms with van der Waals surface area (Å²) >= 11 is 13.2. The third-order valence-corrected chi connectivity index (χ3v) is 6.11. The maximum Gasteiger partial charge on any atom is 0.251 e. The molecule has 3 aromatic carbocycles. The summed E-state index contributed by atoms with van der Waals surface area (Å²) in [6, 6.07) is 19.5. The van der Waals surface area contributed by atoms with Gasteiger partial charge in [-0.3, -0.25) is 4.79 Å². The highest BCUT2D eigenvalue weighted by Crippen LogP contribution is 2.36. The van der Waals surface area contributed by atoms with Crippen molar-refractivity contribution in [1.29, 1.82) is 0 Å². The molecule has 3 nitrogen and oxygen atoms in total. The lowest BCUT2D eigenvalue weighted by Crippen LogP contribution is -2.16. The van der Waals surface area contributed by atoms with Gasteiger partial charge in [0.1, 0.15) is 12.4 Å². The van der Waals surface area contributed by atoms with Gasteiger partial charge >= 0.3 is 0 Å². The van der Waals surface area contributed by atoms with Gasteiger partial charge in [-0.2, -0.15) is 0 Å². The highest BCUT2D eigenvalue weighted by molar-refractivity contribution is 6.31. The van der Waals surface area contributed by atoms with Crippen molar-refractivity contribution in [3.63, 3.8) is 0 Å². The Morgan fingerprint density at radius 1 is 1.07 bits per heavy atom. The molecule has 5 heteroatoms. The topological polar surface area (TPSA) is 31.2 Å². The minimum atomic E-state index is -2.62. The number of fused-ring (bicyclic) bond motifs is 6. The van der Waals surface area contributed by atoms with E-state index in [0.717, 1.165) is 26.8 Å². The number of hydrogen-bond acceptors (Lipinski definition) is 2. The lowest BCUT2D eigenvalue weighted by Gasteiger charge is -2.15. The van der Waals surface area contributed by atoms with E-state index in [1.54, 1.807) is 18.2 Å². The zero-order valence-corrected chi connectivity index (χ0v) is 16.7. The highest BCUT2D eigenvalue weighted by atomic mass is 35.5. The molecule has 1 unspecified atom stereocenters. The number of aryl methyl sites for hydroxylation is 1. The van der Waals surface area contributed by atoms with Crippen LogP contribution in [0, 0.1) is 0 Å². The van der Waals surface area contributed by atoms with Gasteiger partial charge in [0.15, 0.2) is 0 Å². The number of nitrogens with zero attached hydrogens (tertiary/aromatic N) is 1. The first-order valence-electron chi connectivity index (χ1n) is 10.6. The fourth-order valence-corrected chi connectivity index (χ4v) is 4.16. The van der Waals surface area contributed by atoms with Gasteiger partial charge < -0.3 is 9.30 Å². The predicted molar refractivity (Wildman–Crippen MR) is 118 cm³/mol. The van der Waals surface area contributed by atoms with Crippen LogP contribution in [0.25, 0.3) is 22.0 Å². The fraction of sp³-hybridized carbons (Fsp3) is 0.125. The van der Waals surface area contributed by atoms with Gasteiger partial charge in [-0.15, -0.1) is 11.6 Å². The lowest BCUT2D eigenvalue weighted by atomic mass is 9.96. The predicted octanol–water partition coefficient (Wildman–Crippen LogP) is 6.08. The Morgan fingerprint density at radius 3 is 2.76 bits per heavy atom. The van der Waals surface area contributed by atoms with Gasteiger partial charge in [-0.05, 0) is 58.7 Å². The molecule has 0 radical (unpaired) electrons. The molecule has 0 saturated heterocycles. The molecule has 0 amide bonds. The van der Waals surface area contributed by atoms with Crippen LogP contribution in [0.15, 0.2) is 71.5 Å². The zero-order chi connectivity index (χ0) is 22.6. The monoisotopic (exact) mass is 424 g/mol. The molecule has 2 heterocycles. The molecule has 0 fully saturated rings. The molecule has 1 aliphatic heterocycles. The van der Waals surface area contributed by atoms with Crippen LogP contribution in [0.2, 0.25) is 5.02 Å². The summed E-state index contributed by atoms with van der Waals surface area (Å²) in [6.45, 7) is -2.36. The Balaban J connectivity index is 1.87. The second-order valence-corrected chi connectivity index (χ2v) is 7.88. The molecule has 1 aromatic heterocycles. The first kappa shape index (κ1) is 15.1. The van der Waals surface area contributed by atoms with E-state index >= 15 is 0 Å². The molecule has 0 saturated carbocycles. The van der Waals surface area contributed by atoms with E-state index in [9.17, 15) is 4.79 Å². The number of rotatable bonds is 0. The molecule has 1 atom stereocenters. The first-order valence-corrected chi connectivity index (χ1v) is 9.90. The van der Waals surface area contributed by atoms with E-state index in [1.807, 2.05) is 42.5 Å². The van der Waals surface area contributed by atoms with Crippen LogP contribution in [0.3, 0.4) is 0 Å². The normalized spacial score (nSPS) is 17.3. The van der Waals surface area contributed by atoms with Crippen molar-refractivity contribution in [2.45, 2.75) is 12.0 Å². The maximum atomic E-state index is 12.9. The molecule has 0 aliphatic carbocycles. The average molecular weight is 425 g/mol. The fourth-order valence-electron chi connectivity index (χ4n) is 3.72. The number of ether oxygens (including phenoxy) is 1. The Hall–Kier alpha value is -2.75. The third-order valence-electron chi connectivity index (χ3n) is 5.23. The van der Waals surface area contributed by atoms with E-state index in [2.05, 4.69) is 0 Å². The van der Waals surface area contributed by atoms with Crippen molar-refractivity contribution in [2.75, 3.05) is 0 Å². The summed E-state index contributed by atoms with van der Waals surface area (Å²) in [5.41, 5.74) is 3.50. The SMILES string of the molecule is [2H]C([2H])([2H])n1c(=O)cc2c3cc(ccc31)C(Cl)c1ccc(Cl)c(c1)COc1cccc-2c1. The van der Waals surface area contributed by atoms with Crippen LogP contribution in [0.1, 0.15) is 26.2 Å². The van der Waals surface area contributed by atoms with Crippen LogP contribution in [0.5, 0.6) is 5.75 Å². The average Bonchev–Trinajstić information content (AvgIpc) is 2.76. The largest absolute Gasteiger partial charge is 0.489 e. The summed E-state index contributed by atoms with van der Waals surface area (Å²) in [5.74, 6) is 0.606. The summed E-state index contributed by atoms with van der Waals surface area (Å²) in [4.78, 5) is 12.9. The van der Waals surface area contributed by atoms with Crippen molar-refractivity contribution >= 4 is 34.1 Å². The van der Waals surface area contributed by atoms with Crippen molar-refractivity contribution < 1.29 is 8.85 Å². The molecule has 6 bridgehead atoms. The minimum absolute atomic E-state index is 0.257. The van der Waals surface area contributed by atoms with Crippen LogP contribution < -0.4 is 10.3 Å². The summed E-state index contributed by atoms with van der Waals surface area (Å²) in [5, 5.41) is 0.701. The molecule has 5 rings (SSSR count). The Labute approximate surface area is 182 Å². The number of aromatic nitrogens is 1. The second-order valence-electron chi connectivity index (χ2n) is 7.04. The van der Waals surface area contributed by atoms with E-state index in [4.69, 9.17) is 32.1 Å². The molecular formula is C24H17Cl2NO2. The van der Waals surface area contributed by atoms with Crippen molar-refractivity contribution in [2.24, 2.45) is 6.98 Å². The number of alkyl halides is 1. The molecular weight excluding hydrogens is 405 g/mol. The highest BCUT2D eigenvalue weighted by Gasteiger charge is 2.17. The van der Waals surface area contributed by atoms with Crippen molar-refractivity contribution in [1.82, 2.24) is 4.57 Å². The molecule has 4 aromatic rings. The van der Waals surface area contributed by atoms with Gasteiger partial charge in [-0.1, -0.05) is 35.9 Å². The Bertz CT molecular complexity index is 1430. The van der Waals surface area contributed by atoms with E-state index in [-0.39, 0.29) is 6.61 Å². The molecule has 1 aliphatic rings. The van der Waals surface area contributed by atoms with Crippen molar-refractivity contribution in [3.05, 3.63) is 98.8 Å². The Morgan fingerprint density at radius 2 is 1.90 bits per heavy atom. The smallest absolute Gasteiger partial charge is 0.251 e. The number of halogens is 2. The van der Waals surface area contributed by atoms with E-state index in [0.29, 0.717) is 27.2 Å². The second kappa shape index (κ2) is 6.94. The van der Waals surface area contributed by atoms with Crippen LogP contribution in [-0.2, 0) is 13.6 Å². The first-order chi connectivity index (χ1) is 15.2. The number of benzene rings is 3. The van der Waals surface area contributed by atoms with Gasteiger partial charge in [0.25, 0.3) is 5.56 Å². The Kier molecular flexibility index (Phi) is 3.62. The van der Waals surface area contributed by atoms with Gasteiger partial charge in [0.2, 0.25) is 0 Å². The van der Waals surface area contributed by atoms with Gasteiger partial charge in [0.05, 0.1) is 10.9 Å². The number of hydrogen-bond donors (Lipinski definition) is 0. The van der Waals surface area contributed by atoms with Crippen LogP contribution in [0.4, 0.5) is 0 Å². The molecule has 0 spiro atoms. The zero-order valence-electron chi connectivity index (χ0n) is 18.2. The molecule has 0 N–H and O–H groups in total. The quantitative estimate of drug-likeness (QED) is 0.320. The number of pyridine rings is 1.